The average molecular weight is 228 g/mol. The second kappa shape index (κ2) is 4.44. The lowest BCUT2D eigenvalue weighted by Crippen LogP contribution is -2.20. The Morgan fingerprint density at radius 3 is 2.27 bits per heavy atom. The van der Waals surface area contributed by atoms with Crippen molar-refractivity contribution < 1.29 is 17.9 Å². The molecule has 82 valence electrons. The number of ether oxygens (including phenoxy) is 1. The molecule has 5 heteroatoms. The van der Waals surface area contributed by atoms with E-state index in [0.717, 1.165) is 5.56 Å². The van der Waals surface area contributed by atoms with Crippen LogP contribution in [0.1, 0.15) is 12.5 Å². The number of carbonyl (C=O) groups is 1. The van der Waals surface area contributed by atoms with Crippen LogP contribution in [0.4, 0.5) is 0 Å². The van der Waals surface area contributed by atoms with Crippen molar-refractivity contribution in [2.24, 2.45) is 0 Å². The maximum atomic E-state index is 11.7. The predicted octanol–water partition coefficient (Wildman–Crippen LogP) is 1.29. The normalized spacial score (nSPS) is 13.2. The highest BCUT2D eigenvalue weighted by Gasteiger charge is 2.23. The summed E-state index contributed by atoms with van der Waals surface area (Å²) in [4.78, 5) is 10.2. The van der Waals surface area contributed by atoms with E-state index in [9.17, 15) is 13.2 Å². The summed E-state index contributed by atoms with van der Waals surface area (Å²) in [5.41, 5.74) is -0.185. The molecule has 15 heavy (non-hydrogen) atoms. The van der Waals surface area contributed by atoms with Gasteiger partial charge in [-0.15, -0.1) is 0 Å². The molecule has 0 heterocycles. The smallest absolute Gasteiger partial charge is 0.294 e. The largest absolute Gasteiger partial charge is 0.448 e. The van der Waals surface area contributed by atoms with E-state index in [-0.39, 0.29) is 11.4 Å². The first-order valence-corrected chi connectivity index (χ1v) is 5.93. The van der Waals surface area contributed by atoms with Crippen LogP contribution in [-0.2, 0) is 19.4 Å². The van der Waals surface area contributed by atoms with E-state index in [1.165, 1.54) is 19.1 Å². The minimum absolute atomic E-state index is 0.135. The van der Waals surface area contributed by atoms with E-state index in [2.05, 4.69) is 4.74 Å². The first kappa shape index (κ1) is 11.7. The Morgan fingerprint density at radius 1 is 1.27 bits per heavy atom. The van der Waals surface area contributed by atoms with Gasteiger partial charge in [-0.05, 0) is 26.0 Å². The van der Waals surface area contributed by atoms with Gasteiger partial charge < -0.3 is 4.74 Å². The first-order valence-electron chi connectivity index (χ1n) is 4.38. The van der Waals surface area contributed by atoms with Gasteiger partial charge in [-0.1, -0.05) is 17.7 Å². The Bertz CT molecular complexity index is 433. The number of aryl methyl sites for hydroxylation is 1. The van der Waals surface area contributed by atoms with Gasteiger partial charge in [-0.25, -0.2) is 8.42 Å². The predicted molar refractivity (Wildman–Crippen MR) is 55.0 cm³/mol. The van der Waals surface area contributed by atoms with E-state index in [1.807, 2.05) is 6.92 Å². The van der Waals surface area contributed by atoms with Crippen molar-refractivity contribution in [3.63, 3.8) is 0 Å². The van der Waals surface area contributed by atoms with E-state index in [4.69, 9.17) is 0 Å². The van der Waals surface area contributed by atoms with Crippen LogP contribution in [-0.4, -0.2) is 20.3 Å². The monoisotopic (exact) mass is 228 g/mol. The third-order valence-corrected chi connectivity index (χ3v) is 3.95. The molecule has 0 radical (unpaired) electrons. The summed E-state index contributed by atoms with van der Waals surface area (Å²) in [6, 6.07) is 6.38. The van der Waals surface area contributed by atoms with Crippen LogP contribution in [0.3, 0.4) is 0 Å². The molecule has 0 bridgehead atoms. The molecular weight excluding hydrogens is 216 g/mol. The lowest BCUT2D eigenvalue weighted by molar-refractivity contribution is -0.129. The summed E-state index contributed by atoms with van der Waals surface area (Å²) in [6.45, 7) is 3.32. The summed E-state index contributed by atoms with van der Waals surface area (Å²) >= 11 is 0. The fraction of sp³-hybridized carbons (Fsp3) is 0.300. The molecule has 0 aromatic heterocycles. The zero-order valence-electron chi connectivity index (χ0n) is 8.51. The van der Waals surface area contributed by atoms with Crippen LogP contribution < -0.4 is 0 Å². The molecule has 0 aliphatic heterocycles. The molecule has 0 aliphatic rings. The maximum absolute atomic E-state index is 11.7. The Morgan fingerprint density at radius 2 is 1.80 bits per heavy atom. The third kappa shape index (κ3) is 2.56. The van der Waals surface area contributed by atoms with Crippen molar-refractivity contribution >= 4 is 16.3 Å². The summed E-state index contributed by atoms with van der Waals surface area (Å²) in [7, 11) is -3.57. The number of hydrogen-bond donors (Lipinski definition) is 0. The lowest BCUT2D eigenvalue weighted by atomic mass is 10.2. The van der Waals surface area contributed by atoms with Crippen LogP contribution >= 0.6 is 0 Å². The zero-order valence-corrected chi connectivity index (χ0v) is 9.32. The number of hydrogen-bond acceptors (Lipinski definition) is 4. The molecule has 0 unspecified atom stereocenters. The zero-order chi connectivity index (χ0) is 11.5. The van der Waals surface area contributed by atoms with E-state index < -0.39 is 15.3 Å². The molecule has 0 saturated carbocycles. The molecule has 1 rings (SSSR count). The van der Waals surface area contributed by atoms with E-state index in [0.29, 0.717) is 0 Å². The first-order chi connectivity index (χ1) is 6.98. The topological polar surface area (TPSA) is 60.4 Å². The highest BCUT2D eigenvalue weighted by molar-refractivity contribution is 7.91. The molecule has 4 nitrogen and oxygen atoms in total. The Balaban J connectivity index is 3.06. The van der Waals surface area contributed by atoms with Gasteiger partial charge in [0.15, 0.2) is 0 Å². The summed E-state index contributed by atoms with van der Waals surface area (Å²) in [5.74, 6) is 0. The van der Waals surface area contributed by atoms with Gasteiger partial charge in [-0.3, -0.25) is 4.79 Å². The lowest BCUT2D eigenvalue weighted by Gasteiger charge is -2.10. The number of carbonyl (C=O) groups excluding carboxylic acids is 1. The van der Waals surface area contributed by atoms with Crippen LogP contribution in [0.15, 0.2) is 29.2 Å². The van der Waals surface area contributed by atoms with Gasteiger partial charge in [0, 0.05) is 0 Å². The summed E-state index contributed by atoms with van der Waals surface area (Å²) in [5, 5.41) is 0. The van der Waals surface area contributed by atoms with Gasteiger partial charge in [0.25, 0.3) is 6.47 Å². The SMILES string of the molecule is Cc1ccc(S(=O)(=O)[C@H](C)OC=O)cc1. The van der Waals surface area contributed by atoms with Crippen LogP contribution in [0.2, 0.25) is 0 Å². The fourth-order valence-corrected chi connectivity index (χ4v) is 2.16. The minimum atomic E-state index is -3.57. The Labute approximate surface area is 88.8 Å². The molecule has 1 aromatic rings. The molecule has 0 saturated heterocycles. The average Bonchev–Trinajstić information content (AvgIpc) is 2.18. The van der Waals surface area contributed by atoms with Crippen LogP contribution in [0.5, 0.6) is 0 Å². The quantitative estimate of drug-likeness (QED) is 0.728. The number of benzene rings is 1. The van der Waals surface area contributed by atoms with Crippen molar-refractivity contribution in [2.75, 3.05) is 0 Å². The van der Waals surface area contributed by atoms with Crippen LogP contribution in [0, 0.1) is 6.92 Å². The molecule has 1 atom stereocenters. The Kier molecular flexibility index (Phi) is 3.47. The molecule has 0 amide bonds. The third-order valence-electron chi connectivity index (χ3n) is 2.03. The number of rotatable bonds is 4. The molecule has 0 N–H and O–H groups in total. The minimum Gasteiger partial charge on any atom is -0.448 e. The van der Waals surface area contributed by atoms with Crippen LogP contribution in [0.25, 0.3) is 0 Å². The molecule has 1 aromatic carbocycles. The second-order valence-corrected chi connectivity index (χ2v) is 5.38. The van der Waals surface area contributed by atoms with Gasteiger partial charge >= 0.3 is 0 Å². The summed E-state index contributed by atoms with van der Waals surface area (Å²) < 4.78 is 27.9. The highest BCUT2D eigenvalue weighted by atomic mass is 32.2. The highest BCUT2D eigenvalue weighted by Crippen LogP contribution is 2.16. The van der Waals surface area contributed by atoms with Gasteiger partial charge in [-0.2, -0.15) is 0 Å². The Hall–Kier alpha value is -1.36. The standard InChI is InChI=1S/C10H12O4S/c1-8-3-5-10(6-4-8)15(12,13)9(2)14-7-11/h3-7,9H,1-2H3/t9-/m1/s1. The number of sulfone groups is 1. The van der Waals surface area contributed by atoms with E-state index >= 15 is 0 Å². The second-order valence-electron chi connectivity index (χ2n) is 3.16. The molecular formula is C10H12O4S. The van der Waals surface area contributed by atoms with Crippen molar-refractivity contribution in [2.45, 2.75) is 24.2 Å². The van der Waals surface area contributed by atoms with Crippen molar-refractivity contribution in [1.29, 1.82) is 0 Å². The van der Waals surface area contributed by atoms with Gasteiger partial charge in [0.2, 0.25) is 15.3 Å². The van der Waals surface area contributed by atoms with Crippen molar-refractivity contribution in [3.05, 3.63) is 29.8 Å². The molecule has 0 spiro atoms. The summed E-state index contributed by atoms with van der Waals surface area (Å²) in [6.07, 6.45) is 0. The molecule has 0 fully saturated rings. The fourth-order valence-electron chi connectivity index (χ4n) is 1.07. The van der Waals surface area contributed by atoms with Crippen molar-refractivity contribution in [3.8, 4) is 0 Å². The maximum Gasteiger partial charge on any atom is 0.294 e. The molecule has 0 aliphatic carbocycles. The van der Waals surface area contributed by atoms with Gasteiger partial charge in [0.05, 0.1) is 4.90 Å². The van der Waals surface area contributed by atoms with E-state index in [1.54, 1.807) is 12.1 Å². The van der Waals surface area contributed by atoms with Gasteiger partial charge in [0.1, 0.15) is 0 Å². The van der Waals surface area contributed by atoms with Crippen molar-refractivity contribution in [1.82, 2.24) is 0 Å².